The number of H-pyrrole nitrogens is 1. The first-order valence-corrected chi connectivity index (χ1v) is 6.77. The lowest BCUT2D eigenvalue weighted by molar-refractivity contribution is 0.102. The van der Waals surface area contributed by atoms with Crippen LogP contribution in [0.3, 0.4) is 0 Å². The van der Waals surface area contributed by atoms with Crippen LogP contribution in [0.1, 0.15) is 21.5 Å². The SMILES string of the molecule is COCCOc1cccc(C(=O)Nc2[nH]cc(C)c2C#N)c1. The number of rotatable bonds is 6. The molecule has 1 heterocycles. The number of anilines is 1. The van der Waals surface area contributed by atoms with Crippen LogP contribution < -0.4 is 10.1 Å². The van der Waals surface area contributed by atoms with Crippen LogP contribution in [0.15, 0.2) is 30.5 Å². The number of aromatic nitrogens is 1. The molecule has 2 rings (SSSR count). The Labute approximate surface area is 128 Å². The van der Waals surface area contributed by atoms with E-state index < -0.39 is 0 Å². The summed E-state index contributed by atoms with van der Waals surface area (Å²) in [5.41, 5.74) is 1.67. The molecule has 2 aromatic rings. The van der Waals surface area contributed by atoms with Crippen molar-refractivity contribution in [1.29, 1.82) is 5.26 Å². The third-order valence-corrected chi connectivity index (χ3v) is 3.08. The highest BCUT2D eigenvalue weighted by molar-refractivity contribution is 6.04. The molecule has 0 spiro atoms. The average molecular weight is 299 g/mol. The van der Waals surface area contributed by atoms with Crippen LogP contribution in [0.25, 0.3) is 0 Å². The molecule has 0 bridgehead atoms. The molecule has 114 valence electrons. The van der Waals surface area contributed by atoms with Crippen molar-refractivity contribution in [1.82, 2.24) is 4.98 Å². The number of ether oxygens (including phenoxy) is 2. The van der Waals surface area contributed by atoms with Crippen LogP contribution in [0, 0.1) is 18.3 Å². The molecule has 0 aliphatic rings. The topological polar surface area (TPSA) is 87.1 Å². The van der Waals surface area contributed by atoms with Crippen LogP contribution in [-0.2, 0) is 4.74 Å². The number of aryl methyl sites for hydroxylation is 1. The molecule has 0 saturated heterocycles. The fourth-order valence-corrected chi connectivity index (χ4v) is 1.92. The molecule has 0 atom stereocenters. The molecular formula is C16H17N3O3. The number of hydrogen-bond acceptors (Lipinski definition) is 4. The first-order chi connectivity index (χ1) is 10.7. The van der Waals surface area contributed by atoms with Gasteiger partial charge in [-0.2, -0.15) is 5.26 Å². The van der Waals surface area contributed by atoms with Crippen molar-refractivity contribution in [3.8, 4) is 11.8 Å². The normalized spacial score (nSPS) is 10.0. The van der Waals surface area contributed by atoms with Crippen LogP contribution in [0.5, 0.6) is 5.75 Å². The summed E-state index contributed by atoms with van der Waals surface area (Å²) in [7, 11) is 1.60. The van der Waals surface area contributed by atoms with Crippen molar-refractivity contribution in [2.45, 2.75) is 6.92 Å². The number of carbonyl (C=O) groups is 1. The van der Waals surface area contributed by atoms with Gasteiger partial charge in [-0.15, -0.1) is 0 Å². The number of methoxy groups -OCH3 is 1. The molecule has 1 amide bonds. The molecular weight excluding hydrogens is 282 g/mol. The summed E-state index contributed by atoms with van der Waals surface area (Å²) >= 11 is 0. The number of nitriles is 1. The Hall–Kier alpha value is -2.78. The van der Waals surface area contributed by atoms with Gasteiger partial charge in [-0.1, -0.05) is 6.07 Å². The smallest absolute Gasteiger partial charge is 0.256 e. The predicted octanol–water partition coefficient (Wildman–Crippen LogP) is 2.47. The van der Waals surface area contributed by atoms with Gasteiger partial charge < -0.3 is 19.8 Å². The van der Waals surface area contributed by atoms with E-state index in [1.54, 1.807) is 44.5 Å². The van der Waals surface area contributed by atoms with Crippen molar-refractivity contribution in [3.63, 3.8) is 0 Å². The fraction of sp³-hybridized carbons (Fsp3) is 0.250. The molecule has 0 saturated carbocycles. The highest BCUT2D eigenvalue weighted by Gasteiger charge is 2.13. The lowest BCUT2D eigenvalue weighted by Crippen LogP contribution is -2.13. The van der Waals surface area contributed by atoms with Gasteiger partial charge in [0.05, 0.1) is 12.2 Å². The van der Waals surface area contributed by atoms with Crippen molar-refractivity contribution in [2.24, 2.45) is 0 Å². The van der Waals surface area contributed by atoms with E-state index in [0.29, 0.717) is 35.9 Å². The van der Waals surface area contributed by atoms with E-state index in [1.165, 1.54) is 0 Å². The number of nitrogens with zero attached hydrogens (tertiary/aromatic N) is 1. The van der Waals surface area contributed by atoms with Gasteiger partial charge >= 0.3 is 0 Å². The second-order valence-corrected chi connectivity index (χ2v) is 4.66. The van der Waals surface area contributed by atoms with Gasteiger partial charge in [0.2, 0.25) is 0 Å². The summed E-state index contributed by atoms with van der Waals surface area (Å²) in [6, 6.07) is 8.90. The number of benzene rings is 1. The maximum atomic E-state index is 12.3. The molecule has 0 aliphatic heterocycles. The third-order valence-electron chi connectivity index (χ3n) is 3.08. The summed E-state index contributed by atoms with van der Waals surface area (Å²) in [5.74, 6) is 0.680. The molecule has 2 N–H and O–H groups in total. The molecule has 6 heteroatoms. The molecule has 1 aromatic carbocycles. The van der Waals surface area contributed by atoms with E-state index >= 15 is 0 Å². The van der Waals surface area contributed by atoms with Gasteiger partial charge in [0.1, 0.15) is 24.2 Å². The quantitative estimate of drug-likeness (QED) is 0.802. The van der Waals surface area contributed by atoms with E-state index in [0.717, 1.165) is 5.56 Å². The highest BCUT2D eigenvalue weighted by atomic mass is 16.5. The van der Waals surface area contributed by atoms with Gasteiger partial charge in [0.15, 0.2) is 0 Å². The number of nitrogens with one attached hydrogen (secondary N) is 2. The second-order valence-electron chi connectivity index (χ2n) is 4.66. The first-order valence-electron chi connectivity index (χ1n) is 6.77. The summed E-state index contributed by atoms with van der Waals surface area (Å²) in [6.45, 7) is 2.69. The molecule has 6 nitrogen and oxygen atoms in total. The lowest BCUT2D eigenvalue weighted by Gasteiger charge is -2.08. The monoisotopic (exact) mass is 299 g/mol. The third kappa shape index (κ3) is 3.65. The Balaban J connectivity index is 2.09. The first kappa shape index (κ1) is 15.6. The van der Waals surface area contributed by atoms with Gasteiger partial charge in [-0.3, -0.25) is 4.79 Å². The summed E-state index contributed by atoms with van der Waals surface area (Å²) in [4.78, 5) is 15.1. The molecule has 1 aromatic heterocycles. The van der Waals surface area contributed by atoms with E-state index in [9.17, 15) is 4.79 Å². The van der Waals surface area contributed by atoms with Crippen molar-refractivity contribution in [3.05, 3.63) is 47.2 Å². The van der Waals surface area contributed by atoms with E-state index in [4.69, 9.17) is 14.7 Å². The minimum Gasteiger partial charge on any atom is -0.491 e. The second kappa shape index (κ2) is 7.29. The molecule has 0 aliphatic carbocycles. The van der Waals surface area contributed by atoms with E-state index in [2.05, 4.69) is 16.4 Å². The molecule has 22 heavy (non-hydrogen) atoms. The van der Waals surface area contributed by atoms with Crippen LogP contribution in [0.4, 0.5) is 5.82 Å². The zero-order chi connectivity index (χ0) is 15.9. The minimum absolute atomic E-state index is 0.310. The Morgan fingerprint density at radius 1 is 1.41 bits per heavy atom. The zero-order valence-electron chi connectivity index (χ0n) is 12.5. The standard InChI is InChI=1S/C16H17N3O3/c1-11-10-18-15(14(11)9-17)19-16(20)12-4-3-5-13(8-12)22-7-6-21-2/h3-5,8,10,18H,6-7H2,1-2H3,(H,19,20). The summed E-state index contributed by atoms with van der Waals surface area (Å²) in [5, 5.41) is 11.8. The van der Waals surface area contributed by atoms with Crippen LogP contribution in [0.2, 0.25) is 0 Å². The van der Waals surface area contributed by atoms with E-state index in [1.807, 2.05) is 0 Å². The predicted molar refractivity (Wildman–Crippen MR) is 82.0 cm³/mol. The number of aromatic amines is 1. The van der Waals surface area contributed by atoms with Gasteiger partial charge in [0.25, 0.3) is 5.91 Å². The largest absolute Gasteiger partial charge is 0.491 e. The van der Waals surface area contributed by atoms with Crippen LogP contribution >= 0.6 is 0 Å². The Morgan fingerprint density at radius 2 is 2.23 bits per heavy atom. The number of hydrogen-bond donors (Lipinski definition) is 2. The van der Waals surface area contributed by atoms with Crippen LogP contribution in [-0.4, -0.2) is 31.2 Å². The summed E-state index contributed by atoms with van der Waals surface area (Å²) < 4.78 is 10.4. The van der Waals surface area contributed by atoms with Gasteiger partial charge in [-0.25, -0.2) is 0 Å². The Kier molecular flexibility index (Phi) is 5.17. The molecule has 0 unspecified atom stereocenters. The van der Waals surface area contributed by atoms with Crippen molar-refractivity contribution >= 4 is 11.7 Å². The maximum absolute atomic E-state index is 12.3. The van der Waals surface area contributed by atoms with Gasteiger partial charge in [0, 0.05) is 18.9 Å². The lowest BCUT2D eigenvalue weighted by atomic mass is 10.2. The zero-order valence-corrected chi connectivity index (χ0v) is 12.5. The fourth-order valence-electron chi connectivity index (χ4n) is 1.92. The summed E-state index contributed by atoms with van der Waals surface area (Å²) in [6.07, 6.45) is 1.68. The Bertz CT molecular complexity index is 701. The number of carbonyl (C=O) groups excluding carboxylic acids is 1. The van der Waals surface area contributed by atoms with E-state index in [-0.39, 0.29) is 5.91 Å². The maximum Gasteiger partial charge on any atom is 0.256 e. The minimum atomic E-state index is -0.310. The van der Waals surface area contributed by atoms with Crippen molar-refractivity contribution < 1.29 is 14.3 Å². The van der Waals surface area contributed by atoms with Crippen molar-refractivity contribution in [2.75, 3.05) is 25.6 Å². The highest BCUT2D eigenvalue weighted by Crippen LogP contribution is 2.19. The molecule has 0 fully saturated rings. The Morgan fingerprint density at radius 3 is 2.95 bits per heavy atom. The average Bonchev–Trinajstić information content (AvgIpc) is 2.87. The molecule has 0 radical (unpaired) electrons. The number of amides is 1. The van der Waals surface area contributed by atoms with Gasteiger partial charge in [-0.05, 0) is 30.7 Å².